The van der Waals surface area contributed by atoms with Gasteiger partial charge < -0.3 is 15.1 Å². The molecule has 1 aliphatic heterocycles. The average molecular weight is 419 g/mol. The fourth-order valence-electron chi connectivity index (χ4n) is 3.43. The molecule has 0 radical (unpaired) electrons. The van der Waals surface area contributed by atoms with Gasteiger partial charge in [0.2, 0.25) is 5.91 Å². The molecule has 0 spiro atoms. The number of benzene rings is 1. The number of carbonyl (C=O) groups is 2. The van der Waals surface area contributed by atoms with Crippen molar-refractivity contribution in [2.45, 2.75) is 13.8 Å². The molecule has 0 saturated carbocycles. The molecule has 0 atom stereocenters. The number of pyridine rings is 1. The van der Waals surface area contributed by atoms with E-state index in [9.17, 15) is 9.59 Å². The van der Waals surface area contributed by atoms with Crippen LogP contribution >= 0.6 is 0 Å². The van der Waals surface area contributed by atoms with Crippen LogP contribution in [0, 0.1) is 5.92 Å². The van der Waals surface area contributed by atoms with Crippen LogP contribution in [-0.2, 0) is 4.79 Å². The molecule has 1 aliphatic rings. The Labute approximate surface area is 181 Å². The first-order valence-corrected chi connectivity index (χ1v) is 10.4. The van der Waals surface area contributed by atoms with Crippen LogP contribution in [0.5, 0.6) is 0 Å². The van der Waals surface area contributed by atoms with Crippen molar-refractivity contribution in [2.24, 2.45) is 5.92 Å². The fraction of sp³-hybridized carbons (Fsp3) is 0.304. The summed E-state index contributed by atoms with van der Waals surface area (Å²) in [4.78, 5) is 37.5. The van der Waals surface area contributed by atoms with Crippen molar-refractivity contribution >= 4 is 23.2 Å². The van der Waals surface area contributed by atoms with Gasteiger partial charge in [0.1, 0.15) is 17.8 Å². The van der Waals surface area contributed by atoms with E-state index in [0.29, 0.717) is 30.3 Å². The highest BCUT2D eigenvalue weighted by Gasteiger charge is 2.24. The summed E-state index contributed by atoms with van der Waals surface area (Å²) >= 11 is 0. The van der Waals surface area contributed by atoms with Crippen LogP contribution in [0.15, 0.2) is 61.2 Å². The first kappa shape index (κ1) is 20.6. The summed E-state index contributed by atoms with van der Waals surface area (Å²) < 4.78 is 1.71. The Kier molecular flexibility index (Phi) is 5.97. The molecule has 8 nitrogen and oxygen atoms in total. The highest BCUT2D eigenvalue weighted by atomic mass is 16.2. The van der Waals surface area contributed by atoms with Gasteiger partial charge >= 0.3 is 0 Å². The number of hydrogen-bond acceptors (Lipinski definition) is 5. The lowest BCUT2D eigenvalue weighted by atomic mass is 10.2. The third-order valence-corrected chi connectivity index (χ3v) is 5.29. The average Bonchev–Trinajstić information content (AvgIpc) is 3.30. The number of hydrogen-bond donors (Lipinski definition) is 1. The molecule has 2 amide bonds. The zero-order valence-corrected chi connectivity index (χ0v) is 17.7. The van der Waals surface area contributed by atoms with E-state index in [-0.39, 0.29) is 17.7 Å². The van der Waals surface area contributed by atoms with Crippen molar-refractivity contribution in [2.75, 3.05) is 36.4 Å². The third kappa shape index (κ3) is 4.74. The van der Waals surface area contributed by atoms with Crippen LogP contribution in [-0.4, -0.2) is 57.4 Å². The van der Waals surface area contributed by atoms with Gasteiger partial charge in [0.15, 0.2) is 0 Å². The number of nitrogens with one attached hydrogen (secondary N) is 1. The molecular weight excluding hydrogens is 392 g/mol. The van der Waals surface area contributed by atoms with E-state index in [1.54, 1.807) is 35.4 Å². The number of anilines is 2. The molecule has 2 aromatic heterocycles. The molecule has 1 saturated heterocycles. The topological polar surface area (TPSA) is 83.4 Å². The summed E-state index contributed by atoms with van der Waals surface area (Å²) in [5.74, 6) is 0.393. The van der Waals surface area contributed by atoms with E-state index in [2.05, 4.69) is 32.3 Å². The maximum absolute atomic E-state index is 12.9. The van der Waals surface area contributed by atoms with Gasteiger partial charge in [-0.1, -0.05) is 32.0 Å². The normalized spacial score (nSPS) is 14.0. The van der Waals surface area contributed by atoms with Crippen molar-refractivity contribution in [1.29, 1.82) is 0 Å². The zero-order valence-electron chi connectivity index (χ0n) is 17.7. The Bertz CT molecular complexity index is 1040. The Morgan fingerprint density at radius 3 is 2.35 bits per heavy atom. The molecule has 4 rings (SSSR count). The van der Waals surface area contributed by atoms with Crippen molar-refractivity contribution in [1.82, 2.24) is 19.4 Å². The summed E-state index contributed by atoms with van der Waals surface area (Å²) in [5, 5.41) is 2.81. The second kappa shape index (κ2) is 8.99. The van der Waals surface area contributed by atoms with E-state index in [4.69, 9.17) is 0 Å². The third-order valence-electron chi connectivity index (χ3n) is 5.29. The predicted octanol–water partition coefficient (Wildman–Crippen LogP) is 2.82. The molecule has 0 aliphatic carbocycles. The molecule has 1 aromatic carbocycles. The number of nitrogens with zero attached hydrogens (tertiary/aromatic N) is 5. The molecule has 0 bridgehead atoms. The van der Waals surface area contributed by atoms with Crippen LogP contribution in [0.2, 0.25) is 0 Å². The number of carbonyl (C=O) groups excluding carboxylic acids is 2. The Balaban J connectivity index is 1.37. The largest absolute Gasteiger partial charge is 0.368 e. The molecule has 3 aromatic rings. The van der Waals surface area contributed by atoms with E-state index in [0.717, 1.165) is 13.1 Å². The first-order chi connectivity index (χ1) is 15.0. The van der Waals surface area contributed by atoms with Crippen LogP contribution < -0.4 is 10.2 Å². The van der Waals surface area contributed by atoms with Crippen molar-refractivity contribution in [3.63, 3.8) is 0 Å². The molecule has 160 valence electrons. The van der Waals surface area contributed by atoms with E-state index in [1.165, 1.54) is 5.69 Å². The predicted molar refractivity (Wildman–Crippen MR) is 119 cm³/mol. The Morgan fingerprint density at radius 1 is 0.968 bits per heavy atom. The summed E-state index contributed by atoms with van der Waals surface area (Å²) in [6.07, 6.45) is 4.88. The number of aromatic nitrogens is 3. The number of rotatable bonds is 5. The SMILES string of the molecule is CC(C)C(=O)Nc1ccc(-n2cnc(C(=O)N3CCN(c4ccccc4)CC3)c2)nc1. The second-order valence-electron chi connectivity index (χ2n) is 7.83. The van der Waals surface area contributed by atoms with Crippen molar-refractivity contribution < 1.29 is 9.59 Å². The summed E-state index contributed by atoms with van der Waals surface area (Å²) in [7, 11) is 0. The fourth-order valence-corrected chi connectivity index (χ4v) is 3.43. The van der Waals surface area contributed by atoms with Crippen LogP contribution in [0.3, 0.4) is 0 Å². The summed E-state index contributed by atoms with van der Waals surface area (Å²) in [5.41, 5.74) is 2.21. The molecule has 8 heteroatoms. The van der Waals surface area contributed by atoms with Gasteiger partial charge in [-0.25, -0.2) is 9.97 Å². The van der Waals surface area contributed by atoms with Gasteiger partial charge in [-0.2, -0.15) is 0 Å². The summed E-state index contributed by atoms with van der Waals surface area (Å²) in [6.45, 7) is 6.57. The molecule has 1 fully saturated rings. The van der Waals surface area contributed by atoms with Crippen molar-refractivity contribution in [3.8, 4) is 5.82 Å². The minimum Gasteiger partial charge on any atom is -0.368 e. The second-order valence-corrected chi connectivity index (χ2v) is 7.83. The standard InChI is InChI=1S/C23H26N6O2/c1-17(2)22(30)26-18-8-9-21(24-14-18)29-15-20(25-16-29)23(31)28-12-10-27(11-13-28)19-6-4-3-5-7-19/h3-9,14-17H,10-13H2,1-2H3,(H,26,30). The quantitative estimate of drug-likeness (QED) is 0.689. The van der Waals surface area contributed by atoms with Gasteiger partial charge in [0.25, 0.3) is 5.91 Å². The van der Waals surface area contributed by atoms with Crippen molar-refractivity contribution in [3.05, 3.63) is 66.9 Å². The smallest absolute Gasteiger partial charge is 0.274 e. The zero-order chi connectivity index (χ0) is 21.8. The lowest BCUT2D eigenvalue weighted by Gasteiger charge is -2.35. The number of para-hydroxylation sites is 1. The number of imidazole rings is 1. The van der Waals surface area contributed by atoms with Gasteiger partial charge in [-0.05, 0) is 24.3 Å². The highest BCUT2D eigenvalue weighted by Crippen LogP contribution is 2.17. The lowest BCUT2D eigenvalue weighted by molar-refractivity contribution is -0.118. The number of amides is 2. The maximum Gasteiger partial charge on any atom is 0.274 e. The van der Waals surface area contributed by atoms with E-state index < -0.39 is 0 Å². The minimum atomic E-state index is -0.101. The molecule has 31 heavy (non-hydrogen) atoms. The molecule has 0 unspecified atom stereocenters. The van der Waals surface area contributed by atoms with Gasteiger partial charge in [-0.15, -0.1) is 0 Å². The van der Waals surface area contributed by atoms with E-state index >= 15 is 0 Å². The number of piperazine rings is 1. The lowest BCUT2D eigenvalue weighted by Crippen LogP contribution is -2.48. The monoisotopic (exact) mass is 418 g/mol. The highest BCUT2D eigenvalue weighted by molar-refractivity contribution is 5.92. The van der Waals surface area contributed by atoms with Gasteiger partial charge in [0.05, 0.1) is 11.9 Å². The van der Waals surface area contributed by atoms with Crippen LogP contribution in [0.4, 0.5) is 11.4 Å². The Hall–Kier alpha value is -3.68. The van der Waals surface area contributed by atoms with Gasteiger partial charge in [0, 0.05) is 44.0 Å². The first-order valence-electron chi connectivity index (χ1n) is 10.4. The molecular formula is C23H26N6O2. The van der Waals surface area contributed by atoms with Crippen LogP contribution in [0.1, 0.15) is 24.3 Å². The maximum atomic E-state index is 12.9. The van der Waals surface area contributed by atoms with Crippen LogP contribution in [0.25, 0.3) is 5.82 Å². The van der Waals surface area contributed by atoms with E-state index in [1.807, 2.05) is 36.9 Å². The minimum absolute atomic E-state index is 0.0579. The molecule has 3 heterocycles. The summed E-state index contributed by atoms with van der Waals surface area (Å²) in [6, 6.07) is 13.8. The molecule has 1 N–H and O–H groups in total. The Morgan fingerprint density at radius 2 is 1.71 bits per heavy atom. The van der Waals surface area contributed by atoms with Gasteiger partial charge in [-0.3, -0.25) is 14.2 Å².